The Kier molecular flexibility index (Phi) is 2.91. The minimum absolute atomic E-state index is 0.0675. The molecule has 0 atom stereocenters. The molecule has 1 aromatic heterocycles. The molecule has 98 valence electrons. The zero-order valence-corrected chi connectivity index (χ0v) is 10.4. The van der Waals surface area contributed by atoms with E-state index in [1.807, 2.05) is 30.3 Å². The summed E-state index contributed by atoms with van der Waals surface area (Å²) in [5.74, 6) is -1.73. The van der Waals surface area contributed by atoms with E-state index in [1.165, 1.54) is 12.1 Å². The maximum Gasteiger partial charge on any atom is 0.336 e. The van der Waals surface area contributed by atoms with Gasteiger partial charge >= 0.3 is 5.97 Å². The lowest BCUT2D eigenvalue weighted by Gasteiger charge is -2.07. The standard InChI is InChI=1S/C16H10FNO2/c17-12-5-6-13(14(8-12)16(19)20)11-7-10-3-1-2-4-15(10)18-9-11/h1-9H,(H,19,20). The number of hydrogen-bond acceptors (Lipinski definition) is 2. The lowest BCUT2D eigenvalue weighted by molar-refractivity contribution is 0.0697. The Hall–Kier alpha value is -2.75. The Morgan fingerprint density at radius 2 is 1.90 bits per heavy atom. The van der Waals surface area contributed by atoms with E-state index in [4.69, 9.17) is 0 Å². The summed E-state index contributed by atoms with van der Waals surface area (Å²) in [4.78, 5) is 15.5. The van der Waals surface area contributed by atoms with Crippen LogP contribution in [-0.2, 0) is 0 Å². The van der Waals surface area contributed by atoms with Crippen LogP contribution >= 0.6 is 0 Å². The summed E-state index contributed by atoms with van der Waals surface area (Å²) >= 11 is 0. The molecule has 4 heteroatoms. The fourth-order valence-corrected chi connectivity index (χ4v) is 2.16. The number of aromatic nitrogens is 1. The highest BCUT2D eigenvalue weighted by atomic mass is 19.1. The molecule has 0 fully saturated rings. The van der Waals surface area contributed by atoms with Gasteiger partial charge in [0.2, 0.25) is 0 Å². The minimum atomic E-state index is -1.16. The van der Waals surface area contributed by atoms with Crippen molar-refractivity contribution in [2.45, 2.75) is 0 Å². The van der Waals surface area contributed by atoms with E-state index in [1.54, 1.807) is 6.20 Å². The predicted octanol–water partition coefficient (Wildman–Crippen LogP) is 3.74. The van der Waals surface area contributed by atoms with Gasteiger partial charge in [0.15, 0.2) is 0 Å². The van der Waals surface area contributed by atoms with Crippen LogP contribution in [0.25, 0.3) is 22.0 Å². The molecule has 0 saturated carbocycles. The summed E-state index contributed by atoms with van der Waals surface area (Å²) in [5, 5.41) is 10.1. The van der Waals surface area contributed by atoms with E-state index in [9.17, 15) is 14.3 Å². The van der Waals surface area contributed by atoms with Gasteiger partial charge in [-0.15, -0.1) is 0 Å². The summed E-state index contributed by atoms with van der Waals surface area (Å²) in [6.07, 6.45) is 1.60. The van der Waals surface area contributed by atoms with Crippen LogP contribution in [0, 0.1) is 5.82 Å². The van der Waals surface area contributed by atoms with Crippen molar-refractivity contribution in [1.29, 1.82) is 0 Å². The highest BCUT2D eigenvalue weighted by Gasteiger charge is 2.13. The molecule has 0 radical (unpaired) electrons. The average Bonchev–Trinajstić information content (AvgIpc) is 2.46. The van der Waals surface area contributed by atoms with Crippen molar-refractivity contribution >= 4 is 16.9 Å². The minimum Gasteiger partial charge on any atom is -0.478 e. The number of fused-ring (bicyclic) bond motifs is 1. The highest BCUT2D eigenvalue weighted by Crippen LogP contribution is 2.26. The van der Waals surface area contributed by atoms with Crippen LogP contribution in [0.4, 0.5) is 4.39 Å². The molecule has 0 amide bonds. The molecular formula is C16H10FNO2. The Balaban J connectivity index is 2.22. The van der Waals surface area contributed by atoms with Gasteiger partial charge in [0.25, 0.3) is 0 Å². The third-order valence-electron chi connectivity index (χ3n) is 3.11. The molecule has 1 N–H and O–H groups in total. The number of nitrogens with zero attached hydrogens (tertiary/aromatic N) is 1. The van der Waals surface area contributed by atoms with Crippen LogP contribution in [0.1, 0.15) is 10.4 Å². The number of carboxylic acids is 1. The van der Waals surface area contributed by atoms with Crippen LogP contribution in [0.3, 0.4) is 0 Å². The fraction of sp³-hybridized carbons (Fsp3) is 0. The summed E-state index contributed by atoms with van der Waals surface area (Å²) < 4.78 is 13.2. The third-order valence-corrected chi connectivity index (χ3v) is 3.11. The molecule has 3 rings (SSSR count). The maximum absolute atomic E-state index is 13.2. The van der Waals surface area contributed by atoms with E-state index >= 15 is 0 Å². The van der Waals surface area contributed by atoms with Crippen molar-refractivity contribution in [3.05, 3.63) is 66.1 Å². The maximum atomic E-state index is 13.2. The van der Waals surface area contributed by atoms with Crippen LogP contribution in [0.15, 0.2) is 54.7 Å². The van der Waals surface area contributed by atoms with Gasteiger partial charge in [0.1, 0.15) is 5.82 Å². The van der Waals surface area contributed by atoms with E-state index in [0.29, 0.717) is 11.1 Å². The molecule has 0 saturated heterocycles. The topological polar surface area (TPSA) is 50.2 Å². The molecule has 3 aromatic rings. The molecule has 0 aliphatic carbocycles. The largest absolute Gasteiger partial charge is 0.478 e. The lowest BCUT2D eigenvalue weighted by Crippen LogP contribution is -2.00. The zero-order chi connectivity index (χ0) is 14.1. The number of hydrogen-bond donors (Lipinski definition) is 1. The van der Waals surface area contributed by atoms with Gasteiger partial charge in [0.05, 0.1) is 11.1 Å². The molecule has 2 aromatic carbocycles. The monoisotopic (exact) mass is 267 g/mol. The average molecular weight is 267 g/mol. The SMILES string of the molecule is O=C(O)c1cc(F)ccc1-c1cnc2ccccc2c1. The summed E-state index contributed by atoms with van der Waals surface area (Å²) in [6.45, 7) is 0. The van der Waals surface area contributed by atoms with E-state index in [-0.39, 0.29) is 5.56 Å². The summed E-state index contributed by atoms with van der Waals surface area (Å²) in [5.41, 5.74) is 1.87. The van der Waals surface area contributed by atoms with Gasteiger partial charge in [-0.05, 0) is 29.8 Å². The first-order valence-electron chi connectivity index (χ1n) is 6.03. The second kappa shape index (κ2) is 4.74. The normalized spacial score (nSPS) is 10.7. The van der Waals surface area contributed by atoms with E-state index < -0.39 is 11.8 Å². The van der Waals surface area contributed by atoms with E-state index in [2.05, 4.69) is 4.98 Å². The van der Waals surface area contributed by atoms with Gasteiger partial charge in [-0.2, -0.15) is 0 Å². The number of pyridine rings is 1. The molecule has 0 spiro atoms. The molecule has 0 aliphatic rings. The van der Waals surface area contributed by atoms with Crippen LogP contribution in [0.5, 0.6) is 0 Å². The molecule has 0 aliphatic heterocycles. The van der Waals surface area contributed by atoms with E-state index in [0.717, 1.165) is 17.0 Å². The molecule has 20 heavy (non-hydrogen) atoms. The number of aromatic carboxylic acids is 1. The second-order valence-electron chi connectivity index (χ2n) is 4.41. The molecule has 3 nitrogen and oxygen atoms in total. The van der Waals surface area contributed by atoms with Crippen molar-refractivity contribution in [3.8, 4) is 11.1 Å². The number of para-hydroxylation sites is 1. The predicted molar refractivity (Wildman–Crippen MR) is 74.1 cm³/mol. The van der Waals surface area contributed by atoms with Crippen LogP contribution in [-0.4, -0.2) is 16.1 Å². The molecular weight excluding hydrogens is 257 g/mol. The molecule has 0 unspecified atom stereocenters. The number of carboxylic acid groups (broad SMARTS) is 1. The Bertz CT molecular complexity index is 814. The molecule has 1 heterocycles. The van der Waals surface area contributed by atoms with Gasteiger partial charge in [-0.3, -0.25) is 4.98 Å². The fourth-order valence-electron chi connectivity index (χ4n) is 2.16. The molecule has 0 bridgehead atoms. The Morgan fingerprint density at radius 3 is 2.70 bits per heavy atom. The highest BCUT2D eigenvalue weighted by molar-refractivity contribution is 5.97. The van der Waals surface area contributed by atoms with Gasteiger partial charge < -0.3 is 5.11 Å². The Labute approximate surface area is 114 Å². The summed E-state index contributed by atoms with van der Waals surface area (Å²) in [7, 11) is 0. The van der Waals surface area contributed by atoms with Crippen molar-refractivity contribution < 1.29 is 14.3 Å². The number of benzene rings is 2. The quantitative estimate of drug-likeness (QED) is 0.769. The first-order valence-corrected chi connectivity index (χ1v) is 6.03. The number of carbonyl (C=O) groups is 1. The van der Waals surface area contributed by atoms with Gasteiger partial charge in [-0.1, -0.05) is 24.3 Å². The van der Waals surface area contributed by atoms with Crippen LogP contribution < -0.4 is 0 Å². The van der Waals surface area contributed by atoms with Crippen LogP contribution in [0.2, 0.25) is 0 Å². The van der Waals surface area contributed by atoms with Crippen molar-refractivity contribution in [1.82, 2.24) is 4.98 Å². The first-order chi connectivity index (χ1) is 9.65. The van der Waals surface area contributed by atoms with Gasteiger partial charge in [-0.25, -0.2) is 9.18 Å². The van der Waals surface area contributed by atoms with Crippen molar-refractivity contribution in [2.24, 2.45) is 0 Å². The second-order valence-corrected chi connectivity index (χ2v) is 4.41. The third kappa shape index (κ3) is 2.12. The summed E-state index contributed by atoms with van der Waals surface area (Å²) in [6, 6.07) is 13.1. The number of halogens is 1. The smallest absolute Gasteiger partial charge is 0.336 e. The Morgan fingerprint density at radius 1 is 1.10 bits per heavy atom. The first kappa shape index (κ1) is 12.3. The zero-order valence-electron chi connectivity index (χ0n) is 10.4. The van der Waals surface area contributed by atoms with Crippen molar-refractivity contribution in [3.63, 3.8) is 0 Å². The number of rotatable bonds is 2. The lowest BCUT2D eigenvalue weighted by atomic mass is 9.99. The van der Waals surface area contributed by atoms with Gasteiger partial charge in [0, 0.05) is 17.1 Å². The van der Waals surface area contributed by atoms with Crippen molar-refractivity contribution in [2.75, 3.05) is 0 Å².